The van der Waals surface area contributed by atoms with Crippen LogP contribution in [0.5, 0.6) is 0 Å². The topological polar surface area (TPSA) is 37.8 Å². The molecule has 0 aromatic carbocycles. The normalized spacial score (nSPS) is 19.6. The first-order valence-corrected chi connectivity index (χ1v) is 7.07. The predicted molar refractivity (Wildman–Crippen MR) is 71.5 cm³/mol. The zero-order valence-electron chi connectivity index (χ0n) is 10.1. The van der Waals surface area contributed by atoms with Crippen molar-refractivity contribution < 1.29 is 0 Å². The Hall–Kier alpha value is -1.00. The lowest BCUT2D eigenvalue weighted by Crippen LogP contribution is -2.39. The van der Waals surface area contributed by atoms with Crippen LogP contribution in [0.3, 0.4) is 0 Å². The summed E-state index contributed by atoms with van der Waals surface area (Å²) in [6.45, 7) is 4.51. The number of thiazole rings is 1. The lowest BCUT2D eigenvalue weighted by Gasteiger charge is -2.34. The average Bonchev–Trinajstić information content (AvgIpc) is 2.84. The highest BCUT2D eigenvalue weighted by Crippen LogP contribution is 2.40. The second-order valence-corrected chi connectivity index (χ2v) is 5.78. The second-order valence-electron chi connectivity index (χ2n) is 4.75. The van der Waals surface area contributed by atoms with E-state index in [1.54, 1.807) is 0 Å². The van der Waals surface area contributed by atoms with Gasteiger partial charge in [0.2, 0.25) is 0 Å². The van der Waals surface area contributed by atoms with Crippen molar-refractivity contribution in [1.82, 2.24) is 15.3 Å². The van der Waals surface area contributed by atoms with E-state index in [1.807, 2.05) is 23.7 Å². The Balaban J connectivity index is 2.05. The average molecular weight is 247 g/mol. The summed E-state index contributed by atoms with van der Waals surface area (Å²) in [6, 6.07) is 2.07. The third-order valence-electron chi connectivity index (χ3n) is 3.88. The molecule has 17 heavy (non-hydrogen) atoms. The van der Waals surface area contributed by atoms with E-state index in [1.165, 1.54) is 29.0 Å². The SMILES string of the molecule is CCC1(c2nc3cnccc3s2)CCNCC1. The number of nitrogens with zero attached hydrogens (tertiary/aromatic N) is 2. The van der Waals surface area contributed by atoms with Gasteiger partial charge in [-0.15, -0.1) is 11.3 Å². The number of piperidine rings is 1. The van der Waals surface area contributed by atoms with Crippen LogP contribution < -0.4 is 5.32 Å². The molecule has 0 spiro atoms. The molecule has 2 aromatic rings. The first-order valence-electron chi connectivity index (χ1n) is 6.26. The van der Waals surface area contributed by atoms with Gasteiger partial charge in [-0.25, -0.2) is 4.98 Å². The molecule has 0 amide bonds. The molecule has 0 radical (unpaired) electrons. The van der Waals surface area contributed by atoms with E-state index < -0.39 is 0 Å². The van der Waals surface area contributed by atoms with E-state index in [0.717, 1.165) is 18.6 Å². The van der Waals surface area contributed by atoms with Gasteiger partial charge in [0.1, 0.15) is 5.01 Å². The largest absolute Gasteiger partial charge is 0.317 e. The summed E-state index contributed by atoms with van der Waals surface area (Å²) in [5, 5.41) is 4.75. The summed E-state index contributed by atoms with van der Waals surface area (Å²) < 4.78 is 1.27. The molecule has 3 rings (SSSR count). The second kappa shape index (κ2) is 4.35. The molecule has 3 heterocycles. The van der Waals surface area contributed by atoms with Crippen LogP contribution in [0, 0.1) is 0 Å². The number of nitrogens with one attached hydrogen (secondary N) is 1. The number of hydrogen-bond acceptors (Lipinski definition) is 4. The van der Waals surface area contributed by atoms with Crippen LogP contribution in [0.15, 0.2) is 18.5 Å². The number of aromatic nitrogens is 2. The Morgan fingerprint density at radius 2 is 2.24 bits per heavy atom. The van der Waals surface area contributed by atoms with Crippen LogP contribution in [-0.4, -0.2) is 23.1 Å². The van der Waals surface area contributed by atoms with Crippen LogP contribution in [0.4, 0.5) is 0 Å². The summed E-state index contributed by atoms with van der Waals surface area (Å²) in [4.78, 5) is 8.96. The number of hydrogen-bond donors (Lipinski definition) is 1. The van der Waals surface area contributed by atoms with E-state index in [0.29, 0.717) is 5.41 Å². The molecule has 0 atom stereocenters. The van der Waals surface area contributed by atoms with Crippen molar-refractivity contribution >= 4 is 21.6 Å². The van der Waals surface area contributed by atoms with Crippen molar-refractivity contribution in [2.45, 2.75) is 31.6 Å². The third-order valence-corrected chi connectivity index (χ3v) is 5.16. The van der Waals surface area contributed by atoms with Gasteiger partial charge in [0, 0.05) is 11.6 Å². The van der Waals surface area contributed by atoms with Gasteiger partial charge in [-0.05, 0) is 38.4 Å². The van der Waals surface area contributed by atoms with Crippen molar-refractivity contribution in [3.63, 3.8) is 0 Å². The molecular weight excluding hydrogens is 230 g/mol. The van der Waals surface area contributed by atoms with Gasteiger partial charge in [0.05, 0.1) is 16.4 Å². The van der Waals surface area contributed by atoms with Gasteiger partial charge >= 0.3 is 0 Å². The standard InChI is InChI=1S/C13H17N3S/c1-2-13(4-7-14-8-5-13)12-16-10-9-15-6-3-11(10)17-12/h3,6,9,14H,2,4-5,7-8H2,1H3. The fourth-order valence-electron chi connectivity index (χ4n) is 2.63. The molecule has 1 N–H and O–H groups in total. The maximum Gasteiger partial charge on any atom is 0.100 e. The molecule has 0 aliphatic carbocycles. The minimum atomic E-state index is 0.301. The number of rotatable bonds is 2. The third kappa shape index (κ3) is 1.85. The zero-order chi connectivity index (χ0) is 11.7. The Kier molecular flexibility index (Phi) is 2.84. The first-order chi connectivity index (χ1) is 8.34. The van der Waals surface area contributed by atoms with E-state index >= 15 is 0 Å². The summed E-state index contributed by atoms with van der Waals surface area (Å²) >= 11 is 1.85. The summed E-state index contributed by atoms with van der Waals surface area (Å²) in [5.41, 5.74) is 1.36. The zero-order valence-corrected chi connectivity index (χ0v) is 10.9. The van der Waals surface area contributed by atoms with Crippen molar-refractivity contribution in [1.29, 1.82) is 0 Å². The Bertz CT molecular complexity index is 481. The van der Waals surface area contributed by atoms with Crippen molar-refractivity contribution in [2.75, 3.05) is 13.1 Å². The fraction of sp³-hybridized carbons (Fsp3) is 0.538. The maximum atomic E-state index is 4.81. The molecule has 1 aliphatic rings. The number of fused-ring (bicyclic) bond motifs is 1. The highest BCUT2D eigenvalue weighted by molar-refractivity contribution is 7.18. The summed E-state index contributed by atoms with van der Waals surface area (Å²) in [5.74, 6) is 0. The Labute approximate surface area is 105 Å². The molecular formula is C13H17N3S. The van der Waals surface area contributed by atoms with E-state index in [2.05, 4.69) is 23.3 Å². The smallest absolute Gasteiger partial charge is 0.100 e. The van der Waals surface area contributed by atoms with Crippen LogP contribution in [0.25, 0.3) is 10.2 Å². The summed E-state index contributed by atoms with van der Waals surface area (Å²) in [7, 11) is 0. The highest BCUT2D eigenvalue weighted by Gasteiger charge is 2.34. The fourth-order valence-corrected chi connectivity index (χ4v) is 3.88. The molecule has 0 saturated carbocycles. The van der Waals surface area contributed by atoms with Crippen molar-refractivity contribution in [3.8, 4) is 0 Å². The van der Waals surface area contributed by atoms with Gasteiger partial charge in [0.15, 0.2) is 0 Å². The van der Waals surface area contributed by atoms with Gasteiger partial charge < -0.3 is 5.32 Å². The van der Waals surface area contributed by atoms with Crippen LogP contribution >= 0.6 is 11.3 Å². The highest BCUT2D eigenvalue weighted by atomic mass is 32.1. The van der Waals surface area contributed by atoms with Gasteiger partial charge in [-0.1, -0.05) is 6.92 Å². The Morgan fingerprint density at radius 3 is 2.94 bits per heavy atom. The van der Waals surface area contributed by atoms with E-state index in [-0.39, 0.29) is 0 Å². The van der Waals surface area contributed by atoms with Crippen LogP contribution in [0.1, 0.15) is 31.2 Å². The molecule has 1 aliphatic heterocycles. The minimum absolute atomic E-state index is 0.301. The van der Waals surface area contributed by atoms with Gasteiger partial charge in [-0.3, -0.25) is 4.98 Å². The lowest BCUT2D eigenvalue weighted by atomic mass is 9.77. The molecule has 1 saturated heterocycles. The molecule has 1 fully saturated rings. The Morgan fingerprint density at radius 1 is 1.41 bits per heavy atom. The number of pyridine rings is 1. The van der Waals surface area contributed by atoms with Crippen molar-refractivity contribution in [2.24, 2.45) is 0 Å². The predicted octanol–water partition coefficient (Wildman–Crippen LogP) is 2.72. The summed E-state index contributed by atoms with van der Waals surface area (Å²) in [6.07, 6.45) is 7.32. The van der Waals surface area contributed by atoms with Gasteiger partial charge in [0.25, 0.3) is 0 Å². The van der Waals surface area contributed by atoms with E-state index in [4.69, 9.17) is 4.98 Å². The molecule has 2 aromatic heterocycles. The molecule has 0 bridgehead atoms. The molecule has 4 heteroatoms. The monoisotopic (exact) mass is 247 g/mol. The maximum absolute atomic E-state index is 4.81. The van der Waals surface area contributed by atoms with Gasteiger partial charge in [-0.2, -0.15) is 0 Å². The lowest BCUT2D eigenvalue weighted by molar-refractivity contribution is 0.297. The van der Waals surface area contributed by atoms with Crippen LogP contribution in [0.2, 0.25) is 0 Å². The molecule has 0 unspecified atom stereocenters. The molecule has 90 valence electrons. The quantitative estimate of drug-likeness (QED) is 0.886. The van der Waals surface area contributed by atoms with E-state index in [9.17, 15) is 0 Å². The van der Waals surface area contributed by atoms with Crippen LogP contribution in [-0.2, 0) is 5.41 Å². The first kappa shape index (κ1) is 11.1. The molecule has 3 nitrogen and oxygen atoms in total. The van der Waals surface area contributed by atoms with Crippen molar-refractivity contribution in [3.05, 3.63) is 23.5 Å². The minimum Gasteiger partial charge on any atom is -0.317 e.